The molecule has 0 unspecified atom stereocenters. The van der Waals surface area contributed by atoms with Crippen molar-refractivity contribution in [3.05, 3.63) is 70.5 Å². The lowest BCUT2D eigenvalue weighted by Crippen LogP contribution is -2.02. The van der Waals surface area contributed by atoms with Gasteiger partial charge < -0.3 is 0 Å². The van der Waals surface area contributed by atoms with Gasteiger partial charge in [-0.15, -0.1) is 0 Å². The molecule has 0 radical (unpaired) electrons. The van der Waals surface area contributed by atoms with E-state index >= 15 is 0 Å². The van der Waals surface area contributed by atoms with Gasteiger partial charge in [0.25, 0.3) is 0 Å². The van der Waals surface area contributed by atoms with Crippen LogP contribution in [0.15, 0.2) is 53.6 Å². The molecule has 0 amide bonds. The molecule has 1 heterocycles. The van der Waals surface area contributed by atoms with Gasteiger partial charge in [0.1, 0.15) is 0 Å². The molecule has 0 N–H and O–H groups in total. The smallest absolute Gasteiger partial charge is 0.0712 e. The Balaban J connectivity index is 2.17. The third kappa shape index (κ3) is 2.88. The van der Waals surface area contributed by atoms with E-state index in [-0.39, 0.29) is 0 Å². The molecular formula is C22H25N. The van der Waals surface area contributed by atoms with E-state index in [0.29, 0.717) is 0 Å². The number of aryl methyl sites for hydroxylation is 1. The van der Waals surface area contributed by atoms with Crippen molar-refractivity contribution in [3.8, 4) is 0 Å². The van der Waals surface area contributed by atoms with E-state index in [9.17, 15) is 0 Å². The van der Waals surface area contributed by atoms with Crippen molar-refractivity contribution in [2.75, 3.05) is 0 Å². The number of hydrogen-bond acceptors (Lipinski definition) is 1. The number of hydrogen-bond donors (Lipinski definition) is 0. The number of para-hydroxylation sites is 1. The summed E-state index contributed by atoms with van der Waals surface area (Å²) in [6, 6.07) is 8.51. The van der Waals surface area contributed by atoms with Crippen LogP contribution in [0.1, 0.15) is 50.9 Å². The largest absolute Gasteiger partial charge is 0.248 e. The predicted octanol–water partition coefficient (Wildman–Crippen LogP) is 6.04. The van der Waals surface area contributed by atoms with Gasteiger partial charge in [0, 0.05) is 5.39 Å². The van der Waals surface area contributed by atoms with Gasteiger partial charge in [-0.2, -0.15) is 0 Å². The summed E-state index contributed by atoms with van der Waals surface area (Å²) in [6.45, 7) is 12.8. The summed E-state index contributed by atoms with van der Waals surface area (Å²) < 4.78 is 0. The maximum absolute atomic E-state index is 4.99. The third-order valence-electron chi connectivity index (χ3n) is 4.73. The summed E-state index contributed by atoms with van der Waals surface area (Å²) in [4.78, 5) is 4.99. The van der Waals surface area contributed by atoms with Gasteiger partial charge in [-0.25, -0.2) is 4.98 Å². The van der Waals surface area contributed by atoms with Crippen LogP contribution in [0.3, 0.4) is 0 Å². The summed E-state index contributed by atoms with van der Waals surface area (Å²) >= 11 is 0. The number of aromatic nitrogens is 1. The van der Waals surface area contributed by atoms with Crippen molar-refractivity contribution in [2.45, 2.75) is 47.0 Å². The number of nitrogens with zero attached hydrogens (tertiary/aromatic N) is 1. The standard InChI is InChI=1S/C22H25N/c1-6-17-18(7-2)22(23-21-11-9-8-10-19(17)21)15(5)12-16-13-20(16)14(3)4/h8-12H,3,6-7,13H2,1-2,4-5H3/b15-12+. The van der Waals surface area contributed by atoms with E-state index in [1.807, 2.05) is 0 Å². The summed E-state index contributed by atoms with van der Waals surface area (Å²) in [7, 11) is 0. The van der Waals surface area contributed by atoms with Crippen molar-refractivity contribution in [1.29, 1.82) is 0 Å². The van der Waals surface area contributed by atoms with Crippen molar-refractivity contribution < 1.29 is 0 Å². The first-order chi connectivity index (χ1) is 11.1. The topological polar surface area (TPSA) is 12.9 Å². The van der Waals surface area contributed by atoms with Gasteiger partial charge in [0.05, 0.1) is 11.2 Å². The van der Waals surface area contributed by atoms with Crippen LogP contribution in [0.2, 0.25) is 0 Å². The molecule has 0 aliphatic heterocycles. The number of allylic oxidation sites excluding steroid dienone is 5. The molecule has 1 aromatic heterocycles. The maximum Gasteiger partial charge on any atom is 0.0712 e. The average Bonchev–Trinajstić information content (AvgIpc) is 3.32. The fourth-order valence-corrected chi connectivity index (χ4v) is 3.47. The fraction of sp³-hybridized carbons (Fsp3) is 0.318. The minimum atomic E-state index is 1.02. The van der Waals surface area contributed by atoms with E-state index in [1.165, 1.54) is 44.5 Å². The van der Waals surface area contributed by atoms with Crippen LogP contribution in [-0.2, 0) is 12.8 Å². The molecule has 1 aromatic carbocycles. The van der Waals surface area contributed by atoms with Crippen LogP contribution in [0.25, 0.3) is 16.5 Å². The Morgan fingerprint density at radius 1 is 1.13 bits per heavy atom. The molecule has 23 heavy (non-hydrogen) atoms. The van der Waals surface area contributed by atoms with Gasteiger partial charge >= 0.3 is 0 Å². The lowest BCUT2D eigenvalue weighted by molar-refractivity contribution is 1.02. The third-order valence-corrected chi connectivity index (χ3v) is 4.73. The highest BCUT2D eigenvalue weighted by Crippen LogP contribution is 2.39. The SMILES string of the molecule is C=C(C)C1=C(/C=C(\C)c2nc3ccccc3c(CC)c2CC)C1. The van der Waals surface area contributed by atoms with Gasteiger partial charge in [0.2, 0.25) is 0 Å². The minimum Gasteiger partial charge on any atom is -0.248 e. The zero-order chi connectivity index (χ0) is 16.6. The summed E-state index contributed by atoms with van der Waals surface area (Å²) in [5.41, 5.74) is 10.4. The van der Waals surface area contributed by atoms with Gasteiger partial charge in [-0.05, 0) is 67.0 Å². The van der Waals surface area contributed by atoms with Crippen molar-refractivity contribution in [3.63, 3.8) is 0 Å². The summed E-state index contributed by atoms with van der Waals surface area (Å²) in [5, 5.41) is 1.30. The molecule has 0 saturated heterocycles. The molecule has 3 rings (SSSR count). The minimum absolute atomic E-state index is 1.02. The van der Waals surface area contributed by atoms with Crippen LogP contribution in [0.5, 0.6) is 0 Å². The van der Waals surface area contributed by atoms with Gasteiger partial charge in [-0.3, -0.25) is 0 Å². The van der Waals surface area contributed by atoms with Crippen molar-refractivity contribution in [1.82, 2.24) is 4.98 Å². The number of benzene rings is 1. The van der Waals surface area contributed by atoms with E-state index in [1.54, 1.807) is 0 Å². The molecule has 0 fully saturated rings. The second-order valence-corrected chi connectivity index (χ2v) is 6.43. The zero-order valence-electron chi connectivity index (χ0n) is 14.7. The summed E-state index contributed by atoms with van der Waals surface area (Å²) in [6.07, 6.45) is 5.46. The van der Waals surface area contributed by atoms with E-state index < -0.39 is 0 Å². The van der Waals surface area contributed by atoms with Crippen LogP contribution < -0.4 is 0 Å². The molecule has 0 bridgehead atoms. The Kier molecular flexibility index (Phi) is 4.21. The van der Waals surface area contributed by atoms with Crippen molar-refractivity contribution >= 4 is 16.5 Å². The van der Waals surface area contributed by atoms with Crippen LogP contribution >= 0.6 is 0 Å². The molecule has 0 saturated carbocycles. The lowest BCUT2D eigenvalue weighted by atomic mass is 9.94. The number of fused-ring (bicyclic) bond motifs is 1. The molecular weight excluding hydrogens is 278 g/mol. The first-order valence-electron chi connectivity index (χ1n) is 8.53. The zero-order valence-corrected chi connectivity index (χ0v) is 14.7. The average molecular weight is 303 g/mol. The monoisotopic (exact) mass is 303 g/mol. The molecule has 1 heteroatoms. The number of rotatable bonds is 5. The molecule has 2 aromatic rings. The first-order valence-corrected chi connectivity index (χ1v) is 8.53. The molecule has 118 valence electrons. The van der Waals surface area contributed by atoms with E-state index in [0.717, 1.165) is 24.8 Å². The second-order valence-electron chi connectivity index (χ2n) is 6.43. The molecule has 0 spiro atoms. The lowest BCUT2D eigenvalue weighted by Gasteiger charge is -2.15. The van der Waals surface area contributed by atoms with Crippen LogP contribution in [0.4, 0.5) is 0 Å². The highest BCUT2D eigenvalue weighted by Gasteiger charge is 2.21. The summed E-state index contributed by atoms with van der Waals surface area (Å²) in [5.74, 6) is 0. The predicted molar refractivity (Wildman–Crippen MR) is 101 cm³/mol. The highest BCUT2D eigenvalue weighted by atomic mass is 14.7. The van der Waals surface area contributed by atoms with Crippen molar-refractivity contribution in [2.24, 2.45) is 0 Å². The van der Waals surface area contributed by atoms with Crippen LogP contribution in [0, 0.1) is 0 Å². The Morgan fingerprint density at radius 2 is 1.83 bits per heavy atom. The van der Waals surface area contributed by atoms with Crippen LogP contribution in [-0.4, -0.2) is 4.98 Å². The first kappa shape index (κ1) is 15.7. The highest BCUT2D eigenvalue weighted by molar-refractivity contribution is 5.86. The molecule has 1 aliphatic carbocycles. The Hall–Kier alpha value is -2.15. The molecule has 0 atom stereocenters. The maximum atomic E-state index is 4.99. The van der Waals surface area contributed by atoms with Gasteiger partial charge in [0.15, 0.2) is 0 Å². The molecule has 1 nitrogen and oxygen atoms in total. The quantitative estimate of drug-likeness (QED) is 0.656. The second kappa shape index (κ2) is 6.16. The Labute approximate surface area is 139 Å². The van der Waals surface area contributed by atoms with Gasteiger partial charge in [-0.1, -0.05) is 50.3 Å². The molecule has 1 aliphatic rings. The number of pyridine rings is 1. The fourth-order valence-electron chi connectivity index (χ4n) is 3.47. The Bertz CT molecular complexity index is 850. The Morgan fingerprint density at radius 3 is 2.43 bits per heavy atom. The van der Waals surface area contributed by atoms with E-state index in [2.05, 4.69) is 64.6 Å². The normalized spacial score (nSPS) is 14.5. The van der Waals surface area contributed by atoms with E-state index in [4.69, 9.17) is 4.98 Å².